The number of aliphatic hydroxyl groups is 1. The molecule has 1 rings (SSSR count). The SMILES string of the molecule is COCCn1ncc(NCCCCO)c(Br)c1=O. The van der Waals surface area contributed by atoms with Crippen molar-refractivity contribution in [1.29, 1.82) is 0 Å². The van der Waals surface area contributed by atoms with E-state index in [9.17, 15) is 4.79 Å². The van der Waals surface area contributed by atoms with E-state index in [0.29, 0.717) is 29.9 Å². The Labute approximate surface area is 114 Å². The molecule has 0 unspecified atom stereocenters. The van der Waals surface area contributed by atoms with Crippen molar-refractivity contribution in [3.63, 3.8) is 0 Å². The highest BCUT2D eigenvalue weighted by atomic mass is 79.9. The van der Waals surface area contributed by atoms with Gasteiger partial charge in [0.2, 0.25) is 0 Å². The lowest BCUT2D eigenvalue weighted by molar-refractivity contribution is 0.181. The maximum atomic E-state index is 11.9. The molecular weight excluding hydrogens is 302 g/mol. The summed E-state index contributed by atoms with van der Waals surface area (Å²) in [6, 6.07) is 0. The molecule has 1 aromatic heterocycles. The first-order chi connectivity index (χ1) is 8.70. The zero-order chi connectivity index (χ0) is 13.4. The fourth-order valence-corrected chi connectivity index (χ4v) is 1.83. The zero-order valence-corrected chi connectivity index (χ0v) is 11.9. The van der Waals surface area contributed by atoms with Crippen molar-refractivity contribution in [2.75, 3.05) is 32.2 Å². The van der Waals surface area contributed by atoms with Crippen molar-refractivity contribution in [2.24, 2.45) is 0 Å². The average molecular weight is 320 g/mol. The Balaban J connectivity index is 2.65. The monoisotopic (exact) mass is 319 g/mol. The fraction of sp³-hybridized carbons (Fsp3) is 0.636. The second-order valence-electron chi connectivity index (χ2n) is 3.75. The van der Waals surface area contributed by atoms with Crippen LogP contribution < -0.4 is 10.9 Å². The summed E-state index contributed by atoms with van der Waals surface area (Å²) in [7, 11) is 1.58. The van der Waals surface area contributed by atoms with Gasteiger partial charge >= 0.3 is 0 Å². The lowest BCUT2D eigenvalue weighted by Crippen LogP contribution is -2.26. The standard InChI is InChI=1S/C11H18BrN3O3/c1-18-7-5-15-11(17)10(12)9(8-14-15)13-4-2-3-6-16/h8,13,16H,2-7H2,1H3. The number of nitrogens with one attached hydrogen (secondary N) is 1. The quantitative estimate of drug-likeness (QED) is 0.694. The van der Waals surface area contributed by atoms with Crippen molar-refractivity contribution in [2.45, 2.75) is 19.4 Å². The predicted octanol–water partition coefficient (Wildman–Crippen LogP) is 0.837. The minimum atomic E-state index is -0.181. The Morgan fingerprint density at radius 3 is 3.00 bits per heavy atom. The number of methoxy groups -OCH3 is 1. The number of hydrogen-bond donors (Lipinski definition) is 2. The van der Waals surface area contributed by atoms with E-state index in [1.54, 1.807) is 13.3 Å². The minimum absolute atomic E-state index is 0.180. The number of rotatable bonds is 8. The van der Waals surface area contributed by atoms with Crippen LogP contribution in [-0.4, -0.2) is 41.8 Å². The number of ether oxygens (including phenoxy) is 1. The molecule has 7 heteroatoms. The van der Waals surface area contributed by atoms with Gasteiger partial charge < -0.3 is 15.2 Å². The number of anilines is 1. The molecule has 0 aliphatic heterocycles. The zero-order valence-electron chi connectivity index (χ0n) is 10.4. The molecule has 6 nitrogen and oxygen atoms in total. The van der Waals surface area contributed by atoms with Crippen molar-refractivity contribution in [3.05, 3.63) is 21.0 Å². The lowest BCUT2D eigenvalue weighted by Gasteiger charge is -2.09. The van der Waals surface area contributed by atoms with E-state index in [1.807, 2.05) is 0 Å². The number of aliphatic hydroxyl groups excluding tert-OH is 1. The molecule has 0 aliphatic carbocycles. The first-order valence-electron chi connectivity index (χ1n) is 5.80. The van der Waals surface area contributed by atoms with Crippen LogP contribution in [0.5, 0.6) is 0 Å². The highest BCUT2D eigenvalue weighted by Crippen LogP contribution is 2.15. The van der Waals surface area contributed by atoms with Gasteiger partial charge in [-0.2, -0.15) is 5.10 Å². The van der Waals surface area contributed by atoms with Crippen LogP contribution in [0.4, 0.5) is 5.69 Å². The maximum absolute atomic E-state index is 11.9. The Kier molecular flexibility index (Phi) is 6.92. The van der Waals surface area contributed by atoms with E-state index in [4.69, 9.17) is 9.84 Å². The van der Waals surface area contributed by atoms with E-state index >= 15 is 0 Å². The largest absolute Gasteiger partial charge is 0.396 e. The molecule has 0 bridgehead atoms. The molecular formula is C11H18BrN3O3. The highest BCUT2D eigenvalue weighted by molar-refractivity contribution is 9.10. The molecule has 0 atom stereocenters. The topological polar surface area (TPSA) is 76.4 Å². The van der Waals surface area contributed by atoms with Crippen LogP contribution in [0.3, 0.4) is 0 Å². The fourth-order valence-electron chi connectivity index (χ4n) is 1.39. The summed E-state index contributed by atoms with van der Waals surface area (Å²) < 4.78 is 6.73. The van der Waals surface area contributed by atoms with Crippen molar-refractivity contribution < 1.29 is 9.84 Å². The minimum Gasteiger partial charge on any atom is -0.396 e. The molecule has 0 fully saturated rings. The summed E-state index contributed by atoms with van der Waals surface area (Å²) >= 11 is 3.27. The second kappa shape index (κ2) is 8.23. The molecule has 0 aromatic carbocycles. The molecule has 102 valence electrons. The predicted molar refractivity (Wildman–Crippen MR) is 72.9 cm³/mol. The van der Waals surface area contributed by atoms with Crippen LogP contribution in [0.25, 0.3) is 0 Å². The molecule has 0 saturated heterocycles. The van der Waals surface area contributed by atoms with Crippen LogP contribution in [0, 0.1) is 0 Å². The molecule has 1 heterocycles. The van der Waals surface area contributed by atoms with E-state index < -0.39 is 0 Å². The van der Waals surface area contributed by atoms with Crippen molar-refractivity contribution >= 4 is 21.6 Å². The van der Waals surface area contributed by atoms with Gasteiger partial charge in [-0.15, -0.1) is 0 Å². The van der Waals surface area contributed by atoms with Gasteiger partial charge in [0.25, 0.3) is 5.56 Å². The first kappa shape index (κ1) is 15.1. The Morgan fingerprint density at radius 2 is 2.33 bits per heavy atom. The van der Waals surface area contributed by atoms with Crippen molar-refractivity contribution in [1.82, 2.24) is 9.78 Å². The molecule has 2 N–H and O–H groups in total. The number of hydrogen-bond acceptors (Lipinski definition) is 5. The van der Waals surface area contributed by atoms with Gasteiger partial charge in [0.15, 0.2) is 0 Å². The normalized spacial score (nSPS) is 10.6. The van der Waals surface area contributed by atoms with Gasteiger partial charge in [-0.3, -0.25) is 4.79 Å². The number of nitrogens with zero attached hydrogens (tertiary/aromatic N) is 2. The highest BCUT2D eigenvalue weighted by Gasteiger charge is 2.07. The van der Waals surface area contributed by atoms with Gasteiger partial charge in [0, 0.05) is 20.3 Å². The summed E-state index contributed by atoms with van der Waals surface area (Å²) in [5.41, 5.74) is 0.491. The molecule has 0 aliphatic rings. The summed E-state index contributed by atoms with van der Waals surface area (Å²) in [6.07, 6.45) is 3.19. The summed E-state index contributed by atoms with van der Waals surface area (Å²) in [5, 5.41) is 15.8. The van der Waals surface area contributed by atoms with Gasteiger partial charge in [-0.1, -0.05) is 0 Å². The van der Waals surface area contributed by atoms with Crippen LogP contribution in [0.2, 0.25) is 0 Å². The third-order valence-corrected chi connectivity index (χ3v) is 3.16. The van der Waals surface area contributed by atoms with Gasteiger partial charge in [-0.05, 0) is 28.8 Å². The van der Waals surface area contributed by atoms with E-state index in [2.05, 4.69) is 26.3 Å². The summed E-state index contributed by atoms with van der Waals surface area (Å²) in [6.45, 7) is 1.75. The molecule has 1 aromatic rings. The Morgan fingerprint density at radius 1 is 1.56 bits per heavy atom. The van der Waals surface area contributed by atoms with Crippen LogP contribution in [-0.2, 0) is 11.3 Å². The number of halogens is 1. The van der Waals surface area contributed by atoms with Crippen LogP contribution in [0.1, 0.15) is 12.8 Å². The summed E-state index contributed by atoms with van der Waals surface area (Å²) in [4.78, 5) is 11.9. The smallest absolute Gasteiger partial charge is 0.283 e. The van der Waals surface area contributed by atoms with Crippen molar-refractivity contribution in [3.8, 4) is 0 Å². The third-order valence-electron chi connectivity index (χ3n) is 2.39. The lowest BCUT2D eigenvalue weighted by atomic mass is 10.3. The Hall–Kier alpha value is -0.920. The second-order valence-corrected chi connectivity index (χ2v) is 4.54. The third kappa shape index (κ3) is 4.40. The van der Waals surface area contributed by atoms with Gasteiger partial charge in [0.05, 0.1) is 25.0 Å². The molecule has 18 heavy (non-hydrogen) atoms. The van der Waals surface area contributed by atoms with E-state index in [1.165, 1.54) is 4.68 Å². The molecule has 0 radical (unpaired) electrons. The van der Waals surface area contributed by atoms with E-state index in [-0.39, 0.29) is 12.2 Å². The number of unbranched alkanes of at least 4 members (excludes halogenated alkanes) is 1. The number of aromatic nitrogens is 2. The molecule has 0 amide bonds. The Bertz CT molecular complexity index is 422. The molecule has 0 saturated carbocycles. The average Bonchev–Trinajstić information content (AvgIpc) is 2.38. The molecule has 0 spiro atoms. The van der Waals surface area contributed by atoms with Gasteiger partial charge in [-0.25, -0.2) is 4.68 Å². The van der Waals surface area contributed by atoms with E-state index in [0.717, 1.165) is 12.8 Å². The summed E-state index contributed by atoms with van der Waals surface area (Å²) in [5.74, 6) is 0. The maximum Gasteiger partial charge on any atom is 0.283 e. The van der Waals surface area contributed by atoms with Crippen LogP contribution >= 0.6 is 15.9 Å². The van der Waals surface area contributed by atoms with Crippen LogP contribution in [0.15, 0.2) is 15.5 Å². The first-order valence-corrected chi connectivity index (χ1v) is 6.59. The van der Waals surface area contributed by atoms with Gasteiger partial charge in [0.1, 0.15) is 4.47 Å².